The maximum atomic E-state index is 13.5. The van der Waals surface area contributed by atoms with E-state index >= 15 is 0 Å². The fraction of sp³-hybridized carbons (Fsp3) is 0.300. The van der Waals surface area contributed by atoms with E-state index in [0.717, 1.165) is 12.1 Å². The van der Waals surface area contributed by atoms with Gasteiger partial charge in [-0.05, 0) is 6.07 Å². The van der Waals surface area contributed by atoms with E-state index in [9.17, 15) is 23.1 Å². The first-order valence-electron chi connectivity index (χ1n) is 4.70. The SMILES string of the molecule is Cl.O=C1N[C@@H](c2cccc(F)c2O)C(F)(F)CO1. The van der Waals surface area contributed by atoms with Gasteiger partial charge in [0, 0.05) is 5.56 Å². The highest BCUT2D eigenvalue weighted by molar-refractivity contribution is 5.85. The second-order valence-electron chi connectivity index (χ2n) is 3.59. The summed E-state index contributed by atoms with van der Waals surface area (Å²) in [7, 11) is 0. The number of halogens is 4. The van der Waals surface area contributed by atoms with Crippen LogP contribution < -0.4 is 5.32 Å². The van der Waals surface area contributed by atoms with Crippen molar-refractivity contribution in [1.29, 1.82) is 0 Å². The van der Waals surface area contributed by atoms with Gasteiger partial charge in [-0.2, -0.15) is 0 Å². The van der Waals surface area contributed by atoms with Gasteiger partial charge in [0.05, 0.1) is 0 Å². The van der Waals surface area contributed by atoms with Gasteiger partial charge in [0.2, 0.25) is 0 Å². The summed E-state index contributed by atoms with van der Waals surface area (Å²) in [4.78, 5) is 10.9. The summed E-state index contributed by atoms with van der Waals surface area (Å²) in [6.45, 7) is -1.11. The number of alkyl halides is 2. The van der Waals surface area contributed by atoms with Crippen LogP contribution in [0.4, 0.5) is 18.0 Å². The van der Waals surface area contributed by atoms with Gasteiger partial charge in [0.15, 0.2) is 18.2 Å². The molecule has 1 saturated heterocycles. The molecule has 1 aliphatic heterocycles. The van der Waals surface area contributed by atoms with E-state index < -0.39 is 36.2 Å². The minimum atomic E-state index is -3.42. The predicted octanol–water partition coefficient (Wildman–Crippen LogP) is 2.37. The number of phenols is 1. The molecule has 8 heteroatoms. The normalized spacial score (nSPS) is 21.5. The number of nitrogens with one attached hydrogen (secondary N) is 1. The molecule has 4 nitrogen and oxygen atoms in total. The molecule has 0 aliphatic carbocycles. The Balaban J connectivity index is 0.00000162. The molecule has 0 radical (unpaired) electrons. The fourth-order valence-electron chi connectivity index (χ4n) is 1.58. The first-order chi connectivity index (χ1) is 7.92. The van der Waals surface area contributed by atoms with Gasteiger partial charge >= 0.3 is 12.0 Å². The van der Waals surface area contributed by atoms with Crippen molar-refractivity contribution in [2.45, 2.75) is 12.0 Å². The van der Waals surface area contributed by atoms with Crippen LogP contribution in [0, 0.1) is 5.82 Å². The Labute approximate surface area is 106 Å². The maximum absolute atomic E-state index is 13.5. The van der Waals surface area contributed by atoms with Crippen LogP contribution >= 0.6 is 12.4 Å². The minimum absolute atomic E-state index is 0. The van der Waals surface area contributed by atoms with Crippen LogP contribution in [0.1, 0.15) is 11.6 Å². The number of aromatic hydroxyl groups is 1. The quantitative estimate of drug-likeness (QED) is 0.832. The number of benzene rings is 1. The third-order valence-electron chi connectivity index (χ3n) is 2.41. The van der Waals surface area contributed by atoms with Crippen molar-refractivity contribution in [3.8, 4) is 5.75 Å². The van der Waals surface area contributed by atoms with Crippen molar-refractivity contribution in [3.05, 3.63) is 29.6 Å². The summed E-state index contributed by atoms with van der Waals surface area (Å²) in [5, 5.41) is 11.2. The summed E-state index contributed by atoms with van der Waals surface area (Å²) in [5.74, 6) is -5.35. The summed E-state index contributed by atoms with van der Waals surface area (Å²) in [5.41, 5.74) is -0.383. The largest absolute Gasteiger partial charge is 0.505 e. The van der Waals surface area contributed by atoms with Gasteiger partial charge in [0.25, 0.3) is 0 Å². The molecule has 0 bridgehead atoms. The van der Waals surface area contributed by atoms with E-state index in [2.05, 4.69) is 4.74 Å². The number of hydrogen-bond donors (Lipinski definition) is 2. The zero-order valence-electron chi connectivity index (χ0n) is 8.82. The highest BCUT2D eigenvalue weighted by Gasteiger charge is 2.48. The highest BCUT2D eigenvalue weighted by Crippen LogP contribution is 2.38. The average Bonchev–Trinajstić information content (AvgIpc) is 2.26. The van der Waals surface area contributed by atoms with Crippen LogP contribution in [0.5, 0.6) is 5.75 Å². The Morgan fingerprint density at radius 3 is 2.78 bits per heavy atom. The van der Waals surface area contributed by atoms with Crippen molar-refractivity contribution < 1.29 is 27.8 Å². The third kappa shape index (κ3) is 2.45. The molecule has 1 aromatic carbocycles. The van der Waals surface area contributed by atoms with E-state index in [4.69, 9.17) is 0 Å². The summed E-state index contributed by atoms with van der Waals surface area (Å²) < 4.78 is 44.1. The van der Waals surface area contributed by atoms with Gasteiger partial charge in [0.1, 0.15) is 6.04 Å². The molecule has 2 N–H and O–H groups in total. The molecule has 1 aliphatic rings. The number of rotatable bonds is 1. The summed E-state index contributed by atoms with van der Waals surface area (Å²) >= 11 is 0. The molecule has 2 rings (SSSR count). The Morgan fingerprint density at radius 1 is 1.44 bits per heavy atom. The topological polar surface area (TPSA) is 58.6 Å². The third-order valence-corrected chi connectivity index (χ3v) is 2.41. The lowest BCUT2D eigenvalue weighted by atomic mass is 9.99. The van der Waals surface area contributed by atoms with Crippen molar-refractivity contribution in [2.24, 2.45) is 0 Å². The summed E-state index contributed by atoms with van der Waals surface area (Å²) in [6.07, 6.45) is -1.04. The standard InChI is InChI=1S/C10H8F3NO3.ClH/c11-6-3-1-2-5(7(6)15)8-10(12,13)4-17-9(16)14-8;/h1-3,8,15H,4H2,(H,14,16);1H/t8-;/m0./s1. The maximum Gasteiger partial charge on any atom is 0.408 e. The van der Waals surface area contributed by atoms with Gasteiger partial charge in [-0.25, -0.2) is 18.0 Å². The van der Waals surface area contributed by atoms with Crippen LogP contribution in [-0.2, 0) is 4.74 Å². The average molecular weight is 284 g/mol. The fourth-order valence-corrected chi connectivity index (χ4v) is 1.58. The lowest BCUT2D eigenvalue weighted by molar-refractivity contribution is -0.104. The number of carbonyl (C=O) groups is 1. The second-order valence-corrected chi connectivity index (χ2v) is 3.59. The van der Waals surface area contributed by atoms with E-state index in [1.54, 1.807) is 0 Å². The Morgan fingerprint density at radius 2 is 2.11 bits per heavy atom. The molecular weight excluding hydrogens is 275 g/mol. The molecule has 100 valence electrons. The molecule has 1 atom stereocenters. The van der Waals surface area contributed by atoms with Crippen LogP contribution in [0.25, 0.3) is 0 Å². The van der Waals surface area contributed by atoms with Crippen molar-refractivity contribution in [1.82, 2.24) is 5.32 Å². The molecule has 18 heavy (non-hydrogen) atoms. The lowest BCUT2D eigenvalue weighted by Crippen LogP contribution is -2.49. The van der Waals surface area contributed by atoms with Crippen LogP contribution in [0.15, 0.2) is 18.2 Å². The van der Waals surface area contributed by atoms with E-state index in [-0.39, 0.29) is 18.0 Å². The molecule has 1 heterocycles. The minimum Gasteiger partial charge on any atom is -0.505 e. The molecular formula is C10H9ClF3NO3. The van der Waals surface area contributed by atoms with Gasteiger partial charge in [-0.3, -0.25) is 0 Å². The monoisotopic (exact) mass is 283 g/mol. The Bertz CT molecular complexity index is 470. The zero-order valence-corrected chi connectivity index (χ0v) is 9.64. The second kappa shape index (κ2) is 4.93. The zero-order chi connectivity index (χ0) is 12.6. The number of ether oxygens (including phenoxy) is 1. The number of cyclic esters (lactones) is 1. The number of amides is 1. The number of carbonyl (C=O) groups excluding carboxylic acids is 1. The molecule has 0 aromatic heterocycles. The molecule has 0 spiro atoms. The van der Waals surface area contributed by atoms with Crippen molar-refractivity contribution in [2.75, 3.05) is 6.61 Å². The van der Waals surface area contributed by atoms with E-state index in [1.807, 2.05) is 5.32 Å². The molecule has 1 amide bonds. The number of phenolic OH excluding ortho intramolecular Hbond substituents is 1. The molecule has 0 unspecified atom stereocenters. The number of hydrogen-bond acceptors (Lipinski definition) is 3. The van der Waals surface area contributed by atoms with Crippen LogP contribution in [-0.4, -0.2) is 23.7 Å². The number of alkyl carbamates (subject to hydrolysis) is 1. The highest BCUT2D eigenvalue weighted by atomic mass is 35.5. The van der Waals surface area contributed by atoms with Gasteiger partial charge < -0.3 is 15.2 Å². The smallest absolute Gasteiger partial charge is 0.408 e. The lowest BCUT2D eigenvalue weighted by Gasteiger charge is -2.32. The first-order valence-corrected chi connectivity index (χ1v) is 4.70. The van der Waals surface area contributed by atoms with Crippen molar-refractivity contribution >= 4 is 18.5 Å². The van der Waals surface area contributed by atoms with Crippen LogP contribution in [0.3, 0.4) is 0 Å². The van der Waals surface area contributed by atoms with E-state index in [1.165, 1.54) is 6.07 Å². The summed E-state index contributed by atoms with van der Waals surface area (Å²) in [6, 6.07) is 1.41. The van der Waals surface area contributed by atoms with Crippen molar-refractivity contribution in [3.63, 3.8) is 0 Å². The van der Waals surface area contributed by atoms with E-state index in [0.29, 0.717) is 0 Å². The Hall–Kier alpha value is -1.63. The van der Waals surface area contributed by atoms with Crippen LogP contribution in [0.2, 0.25) is 0 Å². The molecule has 1 fully saturated rings. The van der Waals surface area contributed by atoms with Gasteiger partial charge in [-0.1, -0.05) is 12.1 Å². The van der Waals surface area contributed by atoms with Gasteiger partial charge in [-0.15, -0.1) is 12.4 Å². The molecule has 1 aromatic rings. The predicted molar refractivity (Wildman–Crippen MR) is 57.5 cm³/mol. The first kappa shape index (κ1) is 14.4. The number of para-hydroxylation sites is 1. The Kier molecular flexibility index (Phi) is 3.95. The molecule has 0 saturated carbocycles.